The summed E-state index contributed by atoms with van der Waals surface area (Å²) in [6.45, 7) is 8.59. The lowest BCUT2D eigenvalue weighted by Crippen LogP contribution is -2.52. The van der Waals surface area contributed by atoms with Crippen molar-refractivity contribution in [1.29, 1.82) is 0 Å². The minimum absolute atomic E-state index is 0.212. The first-order valence-electron chi connectivity index (χ1n) is 9.25. The smallest absolute Gasteiger partial charge is 0.134 e. The molecule has 2 aromatic rings. The number of aromatic nitrogens is 1. The molecule has 2 aliphatic rings. The molecule has 1 aromatic carbocycles. The van der Waals surface area contributed by atoms with E-state index in [0.29, 0.717) is 6.04 Å². The zero-order valence-corrected chi connectivity index (χ0v) is 15.2. The second-order valence-corrected chi connectivity index (χ2v) is 7.16. The van der Waals surface area contributed by atoms with E-state index in [-0.39, 0.29) is 5.75 Å². The number of benzene rings is 1. The number of pyridine rings is 1. The third-order valence-electron chi connectivity index (χ3n) is 5.23. The molecule has 0 amide bonds. The molecule has 0 spiro atoms. The van der Waals surface area contributed by atoms with Gasteiger partial charge in [0, 0.05) is 39.3 Å². The van der Waals surface area contributed by atoms with Crippen molar-refractivity contribution in [3.8, 4) is 5.75 Å². The van der Waals surface area contributed by atoms with E-state index in [9.17, 15) is 5.11 Å². The van der Waals surface area contributed by atoms with Crippen LogP contribution in [0.25, 0.3) is 0 Å². The third-order valence-corrected chi connectivity index (χ3v) is 5.23. The molecule has 2 fully saturated rings. The van der Waals surface area contributed by atoms with Gasteiger partial charge in [0.05, 0.1) is 18.8 Å². The van der Waals surface area contributed by atoms with Gasteiger partial charge in [-0.25, -0.2) is 4.98 Å². The molecule has 1 atom stereocenters. The number of aryl methyl sites for hydroxylation is 1. The second kappa shape index (κ2) is 7.61. The molecule has 1 aromatic heterocycles. The van der Waals surface area contributed by atoms with Crippen LogP contribution in [0.2, 0.25) is 0 Å². The Balaban J connectivity index is 1.27. The highest BCUT2D eigenvalue weighted by molar-refractivity contribution is 5.41. The number of hydrogen-bond acceptors (Lipinski definition) is 6. The maximum Gasteiger partial charge on any atom is 0.134 e. The van der Waals surface area contributed by atoms with Gasteiger partial charge in [0.1, 0.15) is 11.6 Å². The van der Waals surface area contributed by atoms with Crippen LogP contribution in [0, 0.1) is 6.92 Å². The van der Waals surface area contributed by atoms with Gasteiger partial charge >= 0.3 is 0 Å². The predicted octanol–water partition coefficient (Wildman–Crippen LogP) is 2.03. The van der Waals surface area contributed by atoms with Crippen LogP contribution >= 0.6 is 0 Å². The molecule has 0 unspecified atom stereocenters. The summed E-state index contributed by atoms with van der Waals surface area (Å²) in [6, 6.07) is 12.7. The molecule has 2 aliphatic heterocycles. The van der Waals surface area contributed by atoms with Crippen molar-refractivity contribution in [2.75, 3.05) is 44.2 Å². The highest BCUT2D eigenvalue weighted by Crippen LogP contribution is 2.20. The average molecular weight is 354 g/mol. The van der Waals surface area contributed by atoms with Crippen molar-refractivity contribution >= 4 is 5.82 Å². The third kappa shape index (κ3) is 3.98. The highest BCUT2D eigenvalue weighted by atomic mass is 16.7. The number of hydroxylamine groups is 2. The van der Waals surface area contributed by atoms with Crippen LogP contribution in [0.5, 0.6) is 5.75 Å². The Morgan fingerprint density at radius 2 is 1.85 bits per heavy atom. The maximum atomic E-state index is 9.38. The van der Waals surface area contributed by atoms with E-state index in [2.05, 4.69) is 51.0 Å². The summed E-state index contributed by atoms with van der Waals surface area (Å²) in [5.41, 5.74) is 2.58. The van der Waals surface area contributed by atoms with Gasteiger partial charge in [-0.3, -0.25) is 9.74 Å². The SMILES string of the molecule is Cc1ccc(CN2C[C@@H](N3CCN(c4ccc(O)cn4)CC3)CO2)cc1. The van der Waals surface area contributed by atoms with E-state index in [1.165, 1.54) is 17.3 Å². The summed E-state index contributed by atoms with van der Waals surface area (Å²) in [4.78, 5) is 15.0. The molecular weight excluding hydrogens is 328 g/mol. The minimum Gasteiger partial charge on any atom is -0.506 e. The molecule has 0 bridgehead atoms. The summed E-state index contributed by atoms with van der Waals surface area (Å²) >= 11 is 0. The predicted molar refractivity (Wildman–Crippen MR) is 101 cm³/mol. The molecule has 6 nitrogen and oxygen atoms in total. The fraction of sp³-hybridized carbons (Fsp3) is 0.450. The normalized spacial score (nSPS) is 22.0. The number of aromatic hydroxyl groups is 1. The van der Waals surface area contributed by atoms with Gasteiger partial charge in [-0.05, 0) is 24.6 Å². The monoisotopic (exact) mass is 354 g/mol. The lowest BCUT2D eigenvalue weighted by molar-refractivity contribution is -0.117. The number of rotatable bonds is 4. The Morgan fingerprint density at radius 1 is 1.08 bits per heavy atom. The van der Waals surface area contributed by atoms with Crippen molar-refractivity contribution in [2.24, 2.45) is 0 Å². The summed E-state index contributed by atoms with van der Waals surface area (Å²) in [6.07, 6.45) is 1.51. The molecule has 138 valence electrons. The first-order chi connectivity index (χ1) is 12.7. The molecule has 3 heterocycles. The quantitative estimate of drug-likeness (QED) is 0.907. The van der Waals surface area contributed by atoms with Gasteiger partial charge in [-0.15, -0.1) is 0 Å². The van der Waals surface area contributed by atoms with Gasteiger partial charge < -0.3 is 10.0 Å². The summed E-state index contributed by atoms with van der Waals surface area (Å²) in [5, 5.41) is 11.5. The molecule has 0 aliphatic carbocycles. The minimum atomic E-state index is 0.212. The molecule has 26 heavy (non-hydrogen) atoms. The van der Waals surface area contributed by atoms with Gasteiger partial charge in [0.15, 0.2) is 0 Å². The highest BCUT2D eigenvalue weighted by Gasteiger charge is 2.31. The van der Waals surface area contributed by atoms with Gasteiger partial charge in [-0.2, -0.15) is 5.06 Å². The van der Waals surface area contributed by atoms with Gasteiger partial charge in [-0.1, -0.05) is 29.8 Å². The van der Waals surface area contributed by atoms with E-state index >= 15 is 0 Å². The lowest BCUT2D eigenvalue weighted by atomic mass is 10.1. The Kier molecular flexibility index (Phi) is 5.06. The zero-order valence-electron chi connectivity index (χ0n) is 15.2. The number of nitrogens with zero attached hydrogens (tertiary/aromatic N) is 4. The summed E-state index contributed by atoms with van der Waals surface area (Å²) < 4.78 is 0. The van der Waals surface area contributed by atoms with Gasteiger partial charge in [0.25, 0.3) is 0 Å². The van der Waals surface area contributed by atoms with Crippen LogP contribution in [0.4, 0.5) is 5.82 Å². The molecule has 2 saturated heterocycles. The van der Waals surface area contributed by atoms with Crippen LogP contribution in [-0.4, -0.2) is 65.4 Å². The number of anilines is 1. The fourth-order valence-corrected chi connectivity index (χ4v) is 3.64. The van der Waals surface area contributed by atoms with E-state index in [1.807, 2.05) is 6.07 Å². The van der Waals surface area contributed by atoms with E-state index in [4.69, 9.17) is 4.84 Å². The first-order valence-corrected chi connectivity index (χ1v) is 9.25. The number of hydrogen-bond donors (Lipinski definition) is 1. The van der Waals surface area contributed by atoms with E-state index in [0.717, 1.165) is 51.7 Å². The van der Waals surface area contributed by atoms with Crippen molar-refractivity contribution in [3.05, 3.63) is 53.7 Å². The van der Waals surface area contributed by atoms with Gasteiger partial charge in [0.2, 0.25) is 0 Å². The van der Waals surface area contributed by atoms with Crippen molar-refractivity contribution < 1.29 is 9.94 Å². The van der Waals surface area contributed by atoms with Crippen LogP contribution in [0.3, 0.4) is 0 Å². The average Bonchev–Trinajstić information content (AvgIpc) is 3.13. The topological polar surface area (TPSA) is 52.1 Å². The Labute approximate surface area is 154 Å². The largest absolute Gasteiger partial charge is 0.506 e. The van der Waals surface area contributed by atoms with Crippen LogP contribution in [0.15, 0.2) is 42.6 Å². The Hall–Kier alpha value is -2.15. The van der Waals surface area contributed by atoms with Crippen molar-refractivity contribution in [3.63, 3.8) is 0 Å². The fourth-order valence-electron chi connectivity index (χ4n) is 3.64. The number of piperazine rings is 1. The Morgan fingerprint density at radius 3 is 2.54 bits per heavy atom. The summed E-state index contributed by atoms with van der Waals surface area (Å²) in [7, 11) is 0. The zero-order chi connectivity index (χ0) is 17.9. The van der Waals surface area contributed by atoms with E-state index in [1.54, 1.807) is 6.07 Å². The van der Waals surface area contributed by atoms with Crippen LogP contribution < -0.4 is 4.90 Å². The molecule has 0 radical (unpaired) electrons. The second-order valence-electron chi connectivity index (χ2n) is 7.16. The molecule has 0 saturated carbocycles. The molecule has 6 heteroatoms. The van der Waals surface area contributed by atoms with Crippen LogP contribution in [-0.2, 0) is 11.4 Å². The standard InChI is InChI=1S/C20H26N4O2/c1-16-2-4-17(5-3-16)13-24-14-18(15-26-24)22-8-10-23(11-9-22)20-7-6-19(25)12-21-20/h2-7,12,18,25H,8-11,13-15H2,1H3/t18-/m1/s1. The Bertz CT molecular complexity index is 712. The van der Waals surface area contributed by atoms with Crippen molar-refractivity contribution in [2.45, 2.75) is 19.5 Å². The van der Waals surface area contributed by atoms with Crippen molar-refractivity contribution in [1.82, 2.24) is 14.9 Å². The molecular formula is C20H26N4O2. The lowest BCUT2D eigenvalue weighted by Gasteiger charge is -2.37. The molecule has 4 rings (SSSR count). The van der Waals surface area contributed by atoms with E-state index < -0.39 is 0 Å². The summed E-state index contributed by atoms with van der Waals surface area (Å²) in [5.74, 6) is 1.15. The maximum absolute atomic E-state index is 9.38. The first kappa shape index (κ1) is 17.3. The van der Waals surface area contributed by atoms with Crippen LogP contribution in [0.1, 0.15) is 11.1 Å². The molecule has 1 N–H and O–H groups in total.